The van der Waals surface area contributed by atoms with Crippen LogP contribution in [-0.2, 0) is 6.42 Å². The Morgan fingerprint density at radius 3 is 2.33 bits per heavy atom. The maximum Gasteiger partial charge on any atom is 0.573 e. The second-order valence-corrected chi connectivity index (χ2v) is 5.86. The summed E-state index contributed by atoms with van der Waals surface area (Å²) in [5, 5.41) is -0.320. The van der Waals surface area contributed by atoms with Crippen LogP contribution in [0.4, 0.5) is 13.2 Å². The number of hydrogen-bond donors (Lipinski definition) is 0. The van der Waals surface area contributed by atoms with E-state index in [0.717, 1.165) is 15.6 Å². The third kappa shape index (κ3) is 5.25. The molecule has 2 aromatic rings. The van der Waals surface area contributed by atoms with Crippen molar-refractivity contribution in [1.82, 2.24) is 0 Å². The summed E-state index contributed by atoms with van der Waals surface area (Å²) in [5.74, 6) is -0.252. The lowest BCUT2D eigenvalue weighted by Crippen LogP contribution is -2.17. The highest BCUT2D eigenvalue weighted by Gasteiger charge is 2.31. The van der Waals surface area contributed by atoms with Crippen LogP contribution in [0.2, 0.25) is 0 Å². The number of rotatable bonds is 4. The van der Waals surface area contributed by atoms with Crippen LogP contribution >= 0.6 is 27.5 Å². The van der Waals surface area contributed by atoms with Crippen LogP contribution in [0.5, 0.6) is 5.75 Å². The highest BCUT2D eigenvalue weighted by molar-refractivity contribution is 9.10. The summed E-state index contributed by atoms with van der Waals surface area (Å²) in [4.78, 5) is 0. The molecule has 112 valence electrons. The van der Waals surface area contributed by atoms with Gasteiger partial charge in [-0.3, -0.25) is 0 Å². The van der Waals surface area contributed by atoms with E-state index in [1.54, 1.807) is 0 Å². The van der Waals surface area contributed by atoms with Gasteiger partial charge in [-0.15, -0.1) is 24.8 Å². The third-order valence-electron chi connectivity index (χ3n) is 2.78. The van der Waals surface area contributed by atoms with Crippen molar-refractivity contribution in [1.29, 1.82) is 0 Å². The van der Waals surface area contributed by atoms with Crippen LogP contribution in [0.15, 0.2) is 53.0 Å². The first-order valence-corrected chi connectivity index (χ1v) is 7.31. The lowest BCUT2D eigenvalue weighted by atomic mass is 10.0. The molecule has 0 heterocycles. The van der Waals surface area contributed by atoms with Gasteiger partial charge in [0.15, 0.2) is 0 Å². The van der Waals surface area contributed by atoms with Crippen molar-refractivity contribution in [3.63, 3.8) is 0 Å². The fourth-order valence-electron chi connectivity index (χ4n) is 1.87. The molecule has 0 saturated carbocycles. The number of ether oxygens (including phenoxy) is 1. The van der Waals surface area contributed by atoms with Gasteiger partial charge in [0.25, 0.3) is 0 Å². The van der Waals surface area contributed by atoms with Crippen molar-refractivity contribution in [3.8, 4) is 5.75 Å². The molecule has 0 radical (unpaired) electrons. The van der Waals surface area contributed by atoms with E-state index in [1.165, 1.54) is 24.3 Å². The van der Waals surface area contributed by atoms with Gasteiger partial charge in [-0.25, -0.2) is 0 Å². The molecule has 1 nitrogen and oxygen atoms in total. The molecule has 21 heavy (non-hydrogen) atoms. The van der Waals surface area contributed by atoms with Crippen LogP contribution in [0.25, 0.3) is 0 Å². The van der Waals surface area contributed by atoms with Gasteiger partial charge in [0, 0.05) is 4.47 Å². The zero-order valence-corrected chi connectivity index (χ0v) is 13.0. The minimum absolute atomic E-state index is 0.252. The SMILES string of the molecule is FC(F)(F)Oc1ccc(C(Cl)Cc2cccc(Br)c2)cc1. The summed E-state index contributed by atoms with van der Waals surface area (Å²) in [7, 11) is 0. The van der Waals surface area contributed by atoms with Crippen LogP contribution in [0, 0.1) is 0 Å². The molecule has 0 fully saturated rings. The monoisotopic (exact) mass is 378 g/mol. The van der Waals surface area contributed by atoms with Crippen LogP contribution in [0.1, 0.15) is 16.5 Å². The molecule has 0 amide bonds. The molecule has 6 heteroatoms. The fourth-order valence-corrected chi connectivity index (χ4v) is 2.64. The smallest absolute Gasteiger partial charge is 0.406 e. The fraction of sp³-hybridized carbons (Fsp3) is 0.200. The molecule has 0 saturated heterocycles. The summed E-state index contributed by atoms with van der Waals surface area (Å²) in [6.07, 6.45) is -4.10. The van der Waals surface area contributed by atoms with Gasteiger partial charge >= 0.3 is 6.36 Å². The van der Waals surface area contributed by atoms with Gasteiger partial charge in [-0.2, -0.15) is 0 Å². The van der Waals surface area contributed by atoms with Crippen molar-refractivity contribution in [2.75, 3.05) is 0 Å². The Labute approximate surface area is 133 Å². The van der Waals surface area contributed by atoms with E-state index >= 15 is 0 Å². The summed E-state index contributed by atoms with van der Waals surface area (Å²) in [5.41, 5.74) is 1.78. The van der Waals surface area contributed by atoms with Gasteiger partial charge in [-0.1, -0.05) is 40.2 Å². The Morgan fingerprint density at radius 1 is 1.10 bits per heavy atom. The van der Waals surface area contributed by atoms with Crippen LogP contribution in [0.3, 0.4) is 0 Å². The average Bonchev–Trinajstić information content (AvgIpc) is 2.37. The normalized spacial score (nSPS) is 13.0. The lowest BCUT2D eigenvalue weighted by Gasteiger charge is -2.12. The van der Waals surface area contributed by atoms with Crippen molar-refractivity contribution in [3.05, 3.63) is 64.1 Å². The first-order valence-electron chi connectivity index (χ1n) is 6.08. The van der Waals surface area contributed by atoms with Gasteiger partial charge in [-0.05, 0) is 41.8 Å². The van der Waals surface area contributed by atoms with E-state index in [1.807, 2.05) is 24.3 Å². The van der Waals surface area contributed by atoms with Crippen molar-refractivity contribution in [2.24, 2.45) is 0 Å². The maximum absolute atomic E-state index is 12.1. The molecular formula is C15H11BrClF3O. The molecule has 0 bridgehead atoms. The Kier molecular flexibility index (Phi) is 5.17. The molecule has 0 aliphatic heterocycles. The van der Waals surface area contributed by atoms with E-state index < -0.39 is 6.36 Å². The van der Waals surface area contributed by atoms with Crippen molar-refractivity contribution in [2.45, 2.75) is 18.2 Å². The maximum atomic E-state index is 12.1. The predicted molar refractivity (Wildman–Crippen MR) is 79.6 cm³/mol. The van der Waals surface area contributed by atoms with Gasteiger partial charge in [0.2, 0.25) is 0 Å². The third-order valence-corrected chi connectivity index (χ3v) is 3.68. The highest BCUT2D eigenvalue weighted by atomic mass is 79.9. The molecule has 1 atom stereocenters. The molecule has 2 aromatic carbocycles. The zero-order chi connectivity index (χ0) is 15.5. The largest absolute Gasteiger partial charge is 0.573 e. The Hall–Kier alpha value is -1.20. The van der Waals surface area contributed by atoms with E-state index in [4.69, 9.17) is 11.6 Å². The first kappa shape index (κ1) is 16.2. The highest BCUT2D eigenvalue weighted by Crippen LogP contribution is 2.29. The van der Waals surface area contributed by atoms with E-state index in [9.17, 15) is 13.2 Å². The molecule has 1 unspecified atom stereocenters. The zero-order valence-electron chi connectivity index (χ0n) is 10.7. The average molecular weight is 380 g/mol. The first-order chi connectivity index (χ1) is 9.83. The van der Waals surface area contributed by atoms with Crippen molar-refractivity contribution >= 4 is 27.5 Å². The van der Waals surface area contributed by atoms with Crippen LogP contribution in [-0.4, -0.2) is 6.36 Å². The second-order valence-electron chi connectivity index (χ2n) is 4.42. The Bertz CT molecular complexity index is 599. The predicted octanol–water partition coefficient (Wildman–Crippen LogP) is 5.87. The molecule has 0 N–H and O–H groups in total. The molecular weight excluding hydrogens is 369 g/mol. The molecule has 0 aromatic heterocycles. The van der Waals surface area contributed by atoms with Crippen molar-refractivity contribution < 1.29 is 17.9 Å². The van der Waals surface area contributed by atoms with Gasteiger partial charge in [0.1, 0.15) is 5.75 Å². The lowest BCUT2D eigenvalue weighted by molar-refractivity contribution is -0.274. The summed E-state index contributed by atoms with van der Waals surface area (Å²) < 4.78 is 41.0. The standard InChI is InChI=1S/C15H11BrClF3O/c16-12-3-1-2-10(8-12)9-14(17)11-4-6-13(7-5-11)21-15(18,19)20/h1-8,14H,9H2. The number of alkyl halides is 4. The minimum atomic E-state index is -4.68. The summed E-state index contributed by atoms with van der Waals surface area (Å²) >= 11 is 9.68. The van der Waals surface area contributed by atoms with Crippen LogP contribution < -0.4 is 4.74 Å². The minimum Gasteiger partial charge on any atom is -0.406 e. The number of halogens is 5. The Morgan fingerprint density at radius 2 is 1.76 bits per heavy atom. The van der Waals surface area contributed by atoms with Gasteiger partial charge < -0.3 is 4.74 Å². The topological polar surface area (TPSA) is 9.23 Å². The summed E-state index contributed by atoms with van der Waals surface area (Å²) in [6, 6.07) is 13.3. The van der Waals surface area contributed by atoms with E-state index in [2.05, 4.69) is 20.7 Å². The quantitative estimate of drug-likeness (QED) is 0.604. The summed E-state index contributed by atoms with van der Waals surface area (Å²) in [6.45, 7) is 0. The molecule has 0 spiro atoms. The molecule has 0 aliphatic rings. The molecule has 0 aliphatic carbocycles. The van der Waals surface area contributed by atoms with Gasteiger partial charge in [0.05, 0.1) is 5.38 Å². The Balaban J connectivity index is 2.04. The number of benzene rings is 2. The second kappa shape index (κ2) is 6.71. The molecule has 2 rings (SSSR count). The number of hydrogen-bond acceptors (Lipinski definition) is 1. The van der Waals surface area contributed by atoms with E-state index in [0.29, 0.717) is 6.42 Å². The van der Waals surface area contributed by atoms with E-state index in [-0.39, 0.29) is 11.1 Å².